The molecule has 98 valence electrons. The number of aromatic nitrogens is 1. The number of hydrogen-bond donors (Lipinski definition) is 1. The fourth-order valence-corrected chi connectivity index (χ4v) is 3.48. The van der Waals surface area contributed by atoms with Crippen molar-refractivity contribution in [3.8, 4) is 0 Å². The third-order valence-electron chi connectivity index (χ3n) is 5.08. The molecule has 0 aliphatic heterocycles. The lowest BCUT2D eigenvalue weighted by Crippen LogP contribution is -2.41. The average Bonchev–Trinajstić information content (AvgIpc) is 2.38. The number of aryl methyl sites for hydroxylation is 1. The van der Waals surface area contributed by atoms with Gasteiger partial charge in [-0.3, -0.25) is 4.98 Å². The van der Waals surface area contributed by atoms with Gasteiger partial charge in [0, 0.05) is 18.8 Å². The van der Waals surface area contributed by atoms with E-state index in [0.29, 0.717) is 11.5 Å². The van der Waals surface area contributed by atoms with Crippen LogP contribution in [0.25, 0.3) is 0 Å². The summed E-state index contributed by atoms with van der Waals surface area (Å²) < 4.78 is 0. The van der Waals surface area contributed by atoms with Crippen LogP contribution in [0.2, 0.25) is 0 Å². The smallest absolute Gasteiger partial charge is 0.0605 e. The summed E-state index contributed by atoms with van der Waals surface area (Å²) in [6.45, 7) is 3.53. The van der Waals surface area contributed by atoms with E-state index >= 15 is 0 Å². The van der Waals surface area contributed by atoms with Crippen molar-refractivity contribution in [1.29, 1.82) is 0 Å². The quantitative estimate of drug-likeness (QED) is 0.875. The molecule has 2 aliphatic carbocycles. The van der Waals surface area contributed by atoms with Crippen LogP contribution in [0.1, 0.15) is 62.7 Å². The molecule has 1 heterocycles. The summed E-state index contributed by atoms with van der Waals surface area (Å²) in [7, 11) is 0. The van der Waals surface area contributed by atoms with E-state index in [4.69, 9.17) is 0 Å². The van der Waals surface area contributed by atoms with E-state index in [-0.39, 0.29) is 0 Å². The molecule has 0 spiro atoms. The first kappa shape index (κ1) is 12.2. The molecule has 1 aromatic heterocycles. The SMILES string of the molecule is CCC1(CNC2CCCc3cccnc32)CCC1. The molecule has 18 heavy (non-hydrogen) atoms. The van der Waals surface area contributed by atoms with Gasteiger partial charge in [-0.05, 0) is 55.6 Å². The zero-order valence-corrected chi connectivity index (χ0v) is 11.4. The number of nitrogens with one attached hydrogen (secondary N) is 1. The van der Waals surface area contributed by atoms with Gasteiger partial charge in [-0.25, -0.2) is 0 Å². The number of hydrogen-bond acceptors (Lipinski definition) is 2. The second-order valence-corrected chi connectivity index (χ2v) is 6.08. The van der Waals surface area contributed by atoms with Gasteiger partial charge in [-0.15, -0.1) is 0 Å². The van der Waals surface area contributed by atoms with Gasteiger partial charge in [0.2, 0.25) is 0 Å². The molecule has 1 unspecified atom stereocenters. The predicted octanol–water partition coefficient (Wildman–Crippen LogP) is 3.63. The molecule has 0 aromatic carbocycles. The highest BCUT2D eigenvalue weighted by Gasteiger charge is 2.35. The van der Waals surface area contributed by atoms with Crippen LogP contribution in [0, 0.1) is 5.41 Å². The van der Waals surface area contributed by atoms with Gasteiger partial charge in [0.25, 0.3) is 0 Å². The summed E-state index contributed by atoms with van der Waals surface area (Å²) in [5, 5.41) is 3.81. The van der Waals surface area contributed by atoms with Crippen molar-refractivity contribution >= 4 is 0 Å². The maximum absolute atomic E-state index is 4.61. The molecule has 1 aromatic rings. The van der Waals surface area contributed by atoms with Gasteiger partial charge in [0.15, 0.2) is 0 Å². The molecule has 2 aliphatic rings. The Labute approximate surface area is 110 Å². The first-order valence-electron chi connectivity index (χ1n) is 7.50. The van der Waals surface area contributed by atoms with Gasteiger partial charge in [-0.2, -0.15) is 0 Å². The Morgan fingerprint density at radius 1 is 1.39 bits per heavy atom. The van der Waals surface area contributed by atoms with E-state index in [1.54, 1.807) is 0 Å². The number of pyridine rings is 1. The third-order valence-corrected chi connectivity index (χ3v) is 5.08. The first-order chi connectivity index (χ1) is 8.83. The highest BCUT2D eigenvalue weighted by molar-refractivity contribution is 5.25. The van der Waals surface area contributed by atoms with Crippen molar-refractivity contribution < 1.29 is 0 Å². The zero-order valence-electron chi connectivity index (χ0n) is 11.4. The lowest BCUT2D eigenvalue weighted by atomic mass is 9.67. The molecule has 0 saturated heterocycles. The zero-order chi connectivity index (χ0) is 12.4. The summed E-state index contributed by atoms with van der Waals surface area (Å²) in [5.41, 5.74) is 3.38. The van der Waals surface area contributed by atoms with Crippen molar-refractivity contribution in [2.45, 2.75) is 57.9 Å². The summed E-state index contributed by atoms with van der Waals surface area (Å²) >= 11 is 0. The van der Waals surface area contributed by atoms with Crippen molar-refractivity contribution in [2.75, 3.05) is 6.54 Å². The van der Waals surface area contributed by atoms with Gasteiger partial charge < -0.3 is 5.32 Å². The molecule has 1 atom stereocenters. The molecular weight excluding hydrogens is 220 g/mol. The molecule has 0 amide bonds. The number of fused-ring (bicyclic) bond motifs is 1. The van der Waals surface area contributed by atoms with Crippen molar-refractivity contribution in [1.82, 2.24) is 10.3 Å². The summed E-state index contributed by atoms with van der Waals surface area (Å²) in [4.78, 5) is 4.61. The van der Waals surface area contributed by atoms with E-state index in [1.807, 2.05) is 6.20 Å². The maximum Gasteiger partial charge on any atom is 0.0605 e. The molecule has 0 radical (unpaired) electrons. The fourth-order valence-electron chi connectivity index (χ4n) is 3.48. The molecule has 2 nitrogen and oxygen atoms in total. The Bertz CT molecular complexity index is 404. The predicted molar refractivity (Wildman–Crippen MR) is 74.5 cm³/mol. The summed E-state index contributed by atoms with van der Waals surface area (Å²) in [6.07, 6.45) is 11.3. The second-order valence-electron chi connectivity index (χ2n) is 6.08. The van der Waals surface area contributed by atoms with Crippen LogP contribution in [-0.2, 0) is 6.42 Å². The highest BCUT2D eigenvalue weighted by Crippen LogP contribution is 2.43. The standard InChI is InChI=1S/C16H24N2/c1-2-16(9-5-10-16)12-18-14-8-3-6-13-7-4-11-17-15(13)14/h4,7,11,14,18H,2-3,5-6,8-10,12H2,1H3. The molecular formula is C16H24N2. The van der Waals surface area contributed by atoms with Crippen LogP contribution < -0.4 is 5.32 Å². The van der Waals surface area contributed by atoms with Crippen LogP contribution in [0.4, 0.5) is 0 Å². The van der Waals surface area contributed by atoms with Gasteiger partial charge >= 0.3 is 0 Å². The minimum atomic E-state index is 0.499. The minimum absolute atomic E-state index is 0.499. The second kappa shape index (κ2) is 5.00. The van der Waals surface area contributed by atoms with Crippen molar-refractivity contribution in [2.24, 2.45) is 5.41 Å². The van der Waals surface area contributed by atoms with Crippen LogP contribution in [0.5, 0.6) is 0 Å². The number of nitrogens with zero attached hydrogens (tertiary/aromatic N) is 1. The lowest BCUT2D eigenvalue weighted by Gasteiger charge is -2.43. The Morgan fingerprint density at radius 3 is 3.00 bits per heavy atom. The molecule has 1 N–H and O–H groups in total. The van der Waals surface area contributed by atoms with Crippen molar-refractivity contribution in [3.63, 3.8) is 0 Å². The number of rotatable bonds is 4. The highest BCUT2D eigenvalue weighted by atomic mass is 15.0. The van der Waals surface area contributed by atoms with E-state index in [2.05, 4.69) is 29.4 Å². The molecule has 2 heteroatoms. The third kappa shape index (κ3) is 2.18. The van der Waals surface area contributed by atoms with E-state index in [0.717, 1.165) is 0 Å². The molecule has 1 saturated carbocycles. The van der Waals surface area contributed by atoms with Gasteiger partial charge in [-0.1, -0.05) is 19.4 Å². The van der Waals surface area contributed by atoms with Gasteiger partial charge in [0.05, 0.1) is 5.69 Å². The van der Waals surface area contributed by atoms with E-state index < -0.39 is 0 Å². The fraction of sp³-hybridized carbons (Fsp3) is 0.688. The Kier molecular flexibility index (Phi) is 3.38. The topological polar surface area (TPSA) is 24.9 Å². The minimum Gasteiger partial charge on any atom is -0.308 e. The monoisotopic (exact) mass is 244 g/mol. The lowest BCUT2D eigenvalue weighted by molar-refractivity contribution is 0.117. The van der Waals surface area contributed by atoms with Crippen LogP contribution in [-0.4, -0.2) is 11.5 Å². The molecule has 3 rings (SSSR count). The normalized spacial score (nSPS) is 25.3. The Balaban J connectivity index is 1.67. The average molecular weight is 244 g/mol. The largest absolute Gasteiger partial charge is 0.308 e. The molecule has 0 bridgehead atoms. The van der Waals surface area contributed by atoms with E-state index in [1.165, 1.54) is 62.7 Å². The van der Waals surface area contributed by atoms with Gasteiger partial charge in [0.1, 0.15) is 0 Å². The first-order valence-corrected chi connectivity index (χ1v) is 7.50. The summed E-state index contributed by atoms with van der Waals surface area (Å²) in [5.74, 6) is 0. The maximum atomic E-state index is 4.61. The Hall–Kier alpha value is -0.890. The Morgan fingerprint density at radius 2 is 2.28 bits per heavy atom. The van der Waals surface area contributed by atoms with E-state index in [9.17, 15) is 0 Å². The summed E-state index contributed by atoms with van der Waals surface area (Å²) in [6, 6.07) is 4.81. The van der Waals surface area contributed by atoms with Crippen molar-refractivity contribution in [3.05, 3.63) is 29.6 Å². The van der Waals surface area contributed by atoms with Crippen LogP contribution in [0.15, 0.2) is 18.3 Å². The molecule has 1 fully saturated rings. The van der Waals surface area contributed by atoms with Crippen LogP contribution >= 0.6 is 0 Å². The van der Waals surface area contributed by atoms with Crippen LogP contribution in [0.3, 0.4) is 0 Å².